The molecule has 98 valence electrons. The van der Waals surface area contributed by atoms with Gasteiger partial charge in [0.15, 0.2) is 0 Å². The summed E-state index contributed by atoms with van der Waals surface area (Å²) in [6.07, 6.45) is 4.60. The number of aliphatic hydroxyl groups is 1. The minimum absolute atomic E-state index is 0.0834. The third-order valence-electron chi connectivity index (χ3n) is 3.49. The highest BCUT2D eigenvalue weighted by Crippen LogP contribution is 2.28. The monoisotopic (exact) mass is 252 g/mol. The molecule has 0 aliphatic carbocycles. The molecule has 0 saturated heterocycles. The smallest absolute Gasteiger partial charge is 0.0645 e. The SMILES string of the molecule is C=CCC(O)C(CC=C)c1ccc2ccccc2c1. The van der Waals surface area contributed by atoms with Crippen LogP contribution in [0.25, 0.3) is 10.8 Å². The lowest BCUT2D eigenvalue weighted by Gasteiger charge is -2.21. The van der Waals surface area contributed by atoms with Gasteiger partial charge in [-0.05, 0) is 29.2 Å². The molecule has 2 rings (SSSR count). The van der Waals surface area contributed by atoms with Crippen LogP contribution in [0.2, 0.25) is 0 Å². The average molecular weight is 252 g/mol. The van der Waals surface area contributed by atoms with Crippen molar-refractivity contribution in [3.05, 3.63) is 73.3 Å². The molecule has 0 aliphatic heterocycles. The van der Waals surface area contributed by atoms with Gasteiger partial charge in [0.25, 0.3) is 0 Å². The molecular weight excluding hydrogens is 232 g/mol. The fraction of sp³-hybridized carbons (Fsp3) is 0.222. The molecule has 0 saturated carbocycles. The van der Waals surface area contributed by atoms with Crippen LogP contribution in [-0.4, -0.2) is 11.2 Å². The highest BCUT2D eigenvalue weighted by atomic mass is 16.3. The van der Waals surface area contributed by atoms with E-state index in [1.165, 1.54) is 10.8 Å². The van der Waals surface area contributed by atoms with E-state index in [9.17, 15) is 5.11 Å². The molecule has 0 aromatic heterocycles. The van der Waals surface area contributed by atoms with Crippen LogP contribution < -0.4 is 0 Å². The maximum atomic E-state index is 10.2. The summed E-state index contributed by atoms with van der Waals surface area (Å²) >= 11 is 0. The Morgan fingerprint density at radius 3 is 2.32 bits per heavy atom. The molecule has 1 nitrogen and oxygen atoms in total. The van der Waals surface area contributed by atoms with Crippen LogP contribution in [0, 0.1) is 0 Å². The molecule has 2 aromatic rings. The van der Waals surface area contributed by atoms with E-state index in [0.717, 1.165) is 12.0 Å². The highest BCUT2D eigenvalue weighted by molar-refractivity contribution is 5.83. The van der Waals surface area contributed by atoms with Gasteiger partial charge in [0, 0.05) is 5.92 Å². The first kappa shape index (κ1) is 13.6. The number of fused-ring (bicyclic) bond motifs is 1. The summed E-state index contributed by atoms with van der Waals surface area (Å²) in [7, 11) is 0. The summed E-state index contributed by atoms with van der Waals surface area (Å²) in [5, 5.41) is 12.7. The number of hydrogen-bond acceptors (Lipinski definition) is 1. The second kappa shape index (κ2) is 6.35. The van der Waals surface area contributed by atoms with Crippen LogP contribution in [0.3, 0.4) is 0 Å². The second-order valence-electron chi connectivity index (χ2n) is 4.83. The Hall–Kier alpha value is -1.86. The van der Waals surface area contributed by atoms with E-state index < -0.39 is 6.10 Å². The van der Waals surface area contributed by atoms with Gasteiger partial charge in [-0.15, -0.1) is 13.2 Å². The fourth-order valence-electron chi connectivity index (χ4n) is 2.47. The maximum Gasteiger partial charge on any atom is 0.0645 e. The summed E-state index contributed by atoms with van der Waals surface area (Å²) in [6.45, 7) is 7.49. The molecule has 19 heavy (non-hydrogen) atoms. The first-order valence-electron chi connectivity index (χ1n) is 6.65. The third-order valence-corrected chi connectivity index (χ3v) is 3.49. The number of hydrogen-bond donors (Lipinski definition) is 1. The lowest BCUT2D eigenvalue weighted by molar-refractivity contribution is 0.146. The van der Waals surface area contributed by atoms with Crippen molar-refractivity contribution in [3.63, 3.8) is 0 Å². The molecule has 0 radical (unpaired) electrons. The molecule has 1 heteroatoms. The van der Waals surface area contributed by atoms with E-state index in [1.54, 1.807) is 6.08 Å². The summed E-state index contributed by atoms with van der Waals surface area (Å²) in [5.41, 5.74) is 1.16. The summed E-state index contributed by atoms with van der Waals surface area (Å²) in [5.74, 6) is 0.0834. The van der Waals surface area contributed by atoms with Crippen LogP contribution >= 0.6 is 0 Å². The van der Waals surface area contributed by atoms with Crippen molar-refractivity contribution in [2.45, 2.75) is 24.9 Å². The van der Waals surface area contributed by atoms with Crippen molar-refractivity contribution in [3.8, 4) is 0 Å². The average Bonchev–Trinajstić information content (AvgIpc) is 2.44. The van der Waals surface area contributed by atoms with Crippen LogP contribution in [0.15, 0.2) is 67.8 Å². The maximum absolute atomic E-state index is 10.2. The molecule has 0 fully saturated rings. The van der Waals surface area contributed by atoms with Crippen molar-refractivity contribution in [2.24, 2.45) is 0 Å². The first-order chi connectivity index (χ1) is 9.26. The lowest BCUT2D eigenvalue weighted by atomic mass is 9.87. The lowest BCUT2D eigenvalue weighted by Crippen LogP contribution is -2.17. The summed E-state index contributed by atoms with van der Waals surface area (Å²) in [4.78, 5) is 0. The van der Waals surface area contributed by atoms with Gasteiger partial charge in [0.1, 0.15) is 0 Å². The predicted octanol–water partition coefficient (Wildman–Crippen LogP) is 4.44. The quantitative estimate of drug-likeness (QED) is 0.754. The van der Waals surface area contributed by atoms with Crippen LogP contribution in [0.1, 0.15) is 24.3 Å². The van der Waals surface area contributed by atoms with E-state index in [0.29, 0.717) is 6.42 Å². The minimum Gasteiger partial charge on any atom is -0.392 e. The van der Waals surface area contributed by atoms with Crippen LogP contribution in [0.4, 0.5) is 0 Å². The largest absolute Gasteiger partial charge is 0.392 e. The van der Waals surface area contributed by atoms with Gasteiger partial charge in [0.2, 0.25) is 0 Å². The minimum atomic E-state index is -0.406. The molecular formula is C18H20O. The predicted molar refractivity (Wildman–Crippen MR) is 82.3 cm³/mol. The fourth-order valence-corrected chi connectivity index (χ4v) is 2.47. The Labute approximate surface area is 114 Å². The highest BCUT2D eigenvalue weighted by Gasteiger charge is 2.18. The molecule has 0 heterocycles. The molecule has 0 amide bonds. The van der Waals surface area contributed by atoms with Gasteiger partial charge in [0.05, 0.1) is 6.10 Å². The molecule has 0 aliphatic rings. The van der Waals surface area contributed by atoms with Crippen molar-refractivity contribution < 1.29 is 5.11 Å². The Morgan fingerprint density at radius 1 is 0.947 bits per heavy atom. The third kappa shape index (κ3) is 3.12. The van der Waals surface area contributed by atoms with Gasteiger partial charge in [-0.25, -0.2) is 0 Å². The first-order valence-corrected chi connectivity index (χ1v) is 6.65. The molecule has 0 spiro atoms. The van der Waals surface area contributed by atoms with Gasteiger partial charge in [-0.2, -0.15) is 0 Å². The standard InChI is InChI=1S/C18H20O/c1-3-7-17(18(19)8-4-2)16-12-11-14-9-5-6-10-15(14)13-16/h3-6,9-13,17-19H,1-2,7-8H2. The van der Waals surface area contributed by atoms with Gasteiger partial charge in [-0.3, -0.25) is 0 Å². The number of benzene rings is 2. The van der Waals surface area contributed by atoms with E-state index >= 15 is 0 Å². The molecule has 1 N–H and O–H groups in total. The Kier molecular flexibility index (Phi) is 4.53. The molecule has 0 bridgehead atoms. The van der Waals surface area contributed by atoms with Gasteiger partial charge < -0.3 is 5.11 Å². The number of allylic oxidation sites excluding steroid dienone is 1. The van der Waals surface area contributed by atoms with E-state index in [-0.39, 0.29) is 5.92 Å². The van der Waals surface area contributed by atoms with Crippen molar-refractivity contribution in [1.29, 1.82) is 0 Å². The number of aliphatic hydroxyl groups excluding tert-OH is 1. The molecule has 2 aromatic carbocycles. The summed E-state index contributed by atoms with van der Waals surface area (Å²) in [6, 6.07) is 14.6. The Balaban J connectivity index is 2.37. The van der Waals surface area contributed by atoms with E-state index in [4.69, 9.17) is 0 Å². The van der Waals surface area contributed by atoms with E-state index in [2.05, 4.69) is 43.5 Å². The molecule has 2 atom stereocenters. The zero-order valence-electron chi connectivity index (χ0n) is 11.1. The Bertz CT molecular complexity index is 571. The van der Waals surface area contributed by atoms with Crippen LogP contribution in [0.5, 0.6) is 0 Å². The van der Waals surface area contributed by atoms with Crippen molar-refractivity contribution in [1.82, 2.24) is 0 Å². The Morgan fingerprint density at radius 2 is 1.63 bits per heavy atom. The van der Waals surface area contributed by atoms with E-state index in [1.807, 2.05) is 18.2 Å². The van der Waals surface area contributed by atoms with Crippen LogP contribution in [-0.2, 0) is 0 Å². The second-order valence-corrected chi connectivity index (χ2v) is 4.83. The zero-order chi connectivity index (χ0) is 13.7. The van der Waals surface area contributed by atoms with Gasteiger partial charge in [-0.1, -0.05) is 54.6 Å². The van der Waals surface area contributed by atoms with Crippen molar-refractivity contribution >= 4 is 10.8 Å². The topological polar surface area (TPSA) is 20.2 Å². The molecule has 2 unspecified atom stereocenters. The van der Waals surface area contributed by atoms with Crippen molar-refractivity contribution in [2.75, 3.05) is 0 Å². The normalized spacial score (nSPS) is 13.9. The zero-order valence-corrected chi connectivity index (χ0v) is 11.1. The number of rotatable bonds is 6. The summed E-state index contributed by atoms with van der Waals surface area (Å²) < 4.78 is 0. The van der Waals surface area contributed by atoms with Gasteiger partial charge >= 0.3 is 0 Å².